The van der Waals surface area contributed by atoms with Crippen molar-refractivity contribution in [1.82, 2.24) is 18.8 Å². The molecule has 1 rings (SSSR count). The molecule has 8 nitrogen and oxygen atoms in total. The van der Waals surface area contributed by atoms with Crippen LogP contribution in [-0.4, -0.2) is 158 Å². The van der Waals surface area contributed by atoms with E-state index in [1.165, 1.54) is 14.1 Å². The molecular weight excluding hydrogens is 942 g/mol. The Kier molecular flexibility index (Phi) is 11.0. The molecule has 12 heteroatoms. The standard InChI is InChI=1S/C14H21N4O4S.3Pb/c1-6-8-17(5)12-7-9-18(11(2)19)13(10-12)14(20)15-23(21,22)16(3)4;;;/h2,12-13H,7-10H2,3-5H3,(H,15,20);;;. The molecular formula is C14H21N4O4Pb3S. The molecule has 0 bridgehead atoms. The second-order valence-electron chi connectivity index (χ2n) is 6.13. The number of nitrogens with zero attached hydrogens (tertiary/aromatic N) is 3. The molecule has 2 atom stereocenters. The Morgan fingerprint density at radius 1 is 1.31 bits per heavy atom. The Labute approximate surface area is 203 Å². The summed E-state index contributed by atoms with van der Waals surface area (Å²) in [5.74, 6) is 2.40. The van der Waals surface area contributed by atoms with Crippen molar-refractivity contribution in [2.75, 3.05) is 34.2 Å². The molecule has 26 heavy (non-hydrogen) atoms. The number of hydrogen-bond donors (Lipinski definition) is 1. The Bertz CT molecular complexity index is 690. The Balaban J connectivity index is 3.03. The van der Waals surface area contributed by atoms with Crippen LogP contribution in [0.2, 0.25) is 1.04 Å². The first-order valence-corrected chi connectivity index (χ1v) is 15.7. The van der Waals surface area contributed by atoms with Gasteiger partial charge in [-0.2, -0.15) is 0 Å². The van der Waals surface area contributed by atoms with Crippen LogP contribution in [0.15, 0.2) is 0 Å². The molecule has 139 valence electrons. The normalized spacial score (nSPS) is 20.9. The van der Waals surface area contributed by atoms with E-state index in [0.717, 1.165) is 88.0 Å². The topological polar surface area (TPSA) is 90.0 Å². The number of likely N-dealkylation sites (tertiary alicyclic amines) is 1. The molecule has 0 saturated carbocycles. The molecule has 1 heterocycles. The summed E-state index contributed by atoms with van der Waals surface area (Å²) in [6.45, 7) is 1.07. The number of carbonyl (C=O) groups excluding carboxylic acids is 2. The van der Waals surface area contributed by atoms with Crippen molar-refractivity contribution in [2.45, 2.75) is 26.0 Å². The van der Waals surface area contributed by atoms with Gasteiger partial charge < -0.3 is 0 Å². The minimum atomic E-state index is -3.89. The van der Waals surface area contributed by atoms with Crippen molar-refractivity contribution in [2.24, 2.45) is 0 Å². The molecule has 0 aromatic heterocycles. The number of carbonyl (C=O) groups is 2. The van der Waals surface area contributed by atoms with E-state index in [-0.39, 0.29) is 13.0 Å². The first-order valence-electron chi connectivity index (χ1n) is 7.83. The zero-order valence-electron chi connectivity index (χ0n) is 14.9. The number of rotatable bonds is 6. The second-order valence-corrected chi connectivity index (χ2v) is 22.2. The van der Waals surface area contributed by atoms with Gasteiger partial charge in [-0.15, -0.1) is 0 Å². The number of piperidine rings is 1. The van der Waals surface area contributed by atoms with Gasteiger partial charge in [0, 0.05) is 0 Å². The van der Waals surface area contributed by atoms with E-state index < -0.39 is 22.2 Å². The van der Waals surface area contributed by atoms with E-state index in [1.54, 1.807) is 4.90 Å². The summed E-state index contributed by atoms with van der Waals surface area (Å²) < 4.78 is 30.1. The van der Waals surface area contributed by atoms with Crippen LogP contribution < -0.4 is 4.72 Å². The average molecular weight is 963 g/mol. The molecule has 1 aliphatic heterocycles. The van der Waals surface area contributed by atoms with Crippen LogP contribution >= 0.6 is 0 Å². The van der Waals surface area contributed by atoms with Gasteiger partial charge in [-0.25, -0.2) is 0 Å². The van der Waals surface area contributed by atoms with Crippen molar-refractivity contribution in [3.8, 4) is 9.40 Å². The summed E-state index contributed by atoms with van der Waals surface area (Å²) in [6, 6.07) is -0.686. The van der Waals surface area contributed by atoms with Crippen LogP contribution in [0.1, 0.15) is 12.8 Å². The van der Waals surface area contributed by atoms with Crippen molar-refractivity contribution in [3.05, 3.63) is 0 Å². The molecule has 1 aliphatic rings. The fourth-order valence-electron chi connectivity index (χ4n) is 2.61. The van der Waals surface area contributed by atoms with E-state index >= 15 is 0 Å². The van der Waals surface area contributed by atoms with Crippen molar-refractivity contribution >= 4 is 99.3 Å². The van der Waals surface area contributed by atoms with Gasteiger partial charge in [0.1, 0.15) is 0 Å². The van der Waals surface area contributed by atoms with Gasteiger partial charge in [0.05, 0.1) is 0 Å². The fraction of sp³-hybridized carbons (Fsp3) is 0.714. The third-order valence-electron chi connectivity index (χ3n) is 4.16. The summed E-state index contributed by atoms with van der Waals surface area (Å²) in [5.41, 5.74) is 0. The van der Waals surface area contributed by atoms with Crippen molar-refractivity contribution in [1.29, 1.82) is 0 Å². The third kappa shape index (κ3) is 7.19. The second kappa shape index (κ2) is 11.4. The maximum atomic E-state index is 12.7. The third-order valence-corrected chi connectivity index (χ3v) is 8.19. The first-order chi connectivity index (χ1) is 12.0. The SMILES string of the molecule is CN(CC#[C][Pb])C1CCN(C(=O)[CH]([Pb])[Pb])C(C(=O)NS(=O)(=O)N(C)C)C1. The number of amides is 2. The Morgan fingerprint density at radius 2 is 1.92 bits per heavy atom. The van der Waals surface area contributed by atoms with Crippen LogP contribution in [0.4, 0.5) is 0 Å². The van der Waals surface area contributed by atoms with Crippen LogP contribution in [0.25, 0.3) is 0 Å². The van der Waals surface area contributed by atoms with Crippen LogP contribution in [0.3, 0.4) is 0 Å². The summed E-state index contributed by atoms with van der Waals surface area (Å²) in [6.07, 6.45) is 1.17. The molecule has 0 aromatic carbocycles. The molecule has 0 aromatic rings. The molecule has 2 amide bonds. The predicted molar refractivity (Wildman–Crippen MR) is 101 cm³/mol. The Hall–Kier alpha value is 1.14. The molecule has 1 N–H and O–H groups in total. The number of nitrogens with one attached hydrogen (secondary N) is 1. The Morgan fingerprint density at radius 3 is 2.42 bits per heavy atom. The maximum absolute atomic E-state index is 12.7. The summed E-state index contributed by atoms with van der Waals surface area (Å²) in [7, 11) is 0.770. The van der Waals surface area contributed by atoms with Gasteiger partial charge in [-0.05, 0) is 0 Å². The van der Waals surface area contributed by atoms with E-state index in [1.807, 2.05) is 7.05 Å². The van der Waals surface area contributed by atoms with Crippen molar-refractivity contribution in [3.63, 3.8) is 0 Å². The van der Waals surface area contributed by atoms with E-state index in [9.17, 15) is 18.0 Å². The van der Waals surface area contributed by atoms with E-state index in [4.69, 9.17) is 0 Å². The van der Waals surface area contributed by atoms with Gasteiger partial charge >= 0.3 is 206 Å². The molecule has 9 radical (unpaired) electrons. The van der Waals surface area contributed by atoms with E-state index in [2.05, 4.69) is 19.0 Å². The molecule has 1 fully saturated rings. The summed E-state index contributed by atoms with van der Waals surface area (Å²) >= 11 is 2.30. The van der Waals surface area contributed by atoms with Gasteiger partial charge in [-0.3, -0.25) is 0 Å². The van der Waals surface area contributed by atoms with Gasteiger partial charge in [0.25, 0.3) is 0 Å². The summed E-state index contributed by atoms with van der Waals surface area (Å²) in [5, 5.41) is 0. The molecule has 2 unspecified atom stereocenters. The molecule has 0 spiro atoms. The summed E-state index contributed by atoms with van der Waals surface area (Å²) in [4.78, 5) is 28.9. The van der Waals surface area contributed by atoms with Gasteiger partial charge in [-0.1, -0.05) is 0 Å². The predicted octanol–water partition coefficient (Wildman–Crippen LogP) is -2.59. The zero-order valence-corrected chi connectivity index (χ0v) is 27.4. The van der Waals surface area contributed by atoms with Crippen molar-refractivity contribution < 1.29 is 18.0 Å². The molecule has 0 aliphatic carbocycles. The molecule has 1 saturated heterocycles. The fourth-order valence-corrected chi connectivity index (χ4v) is 4.77. The van der Waals surface area contributed by atoms with Crippen LogP contribution in [0, 0.1) is 9.40 Å². The van der Waals surface area contributed by atoms with Crippen LogP contribution in [-0.2, 0) is 19.8 Å². The number of hydrogen-bond acceptors (Lipinski definition) is 5. The average Bonchev–Trinajstić information content (AvgIpc) is 2.57. The van der Waals surface area contributed by atoms with Gasteiger partial charge in [0.2, 0.25) is 0 Å². The monoisotopic (exact) mass is 965 g/mol. The minimum absolute atomic E-state index is 0.0148. The zero-order chi connectivity index (χ0) is 20.1. The van der Waals surface area contributed by atoms with Gasteiger partial charge in [0.15, 0.2) is 0 Å². The quantitative estimate of drug-likeness (QED) is 0.234. The first kappa shape index (κ1) is 25.2. The van der Waals surface area contributed by atoms with Crippen LogP contribution in [0.5, 0.6) is 0 Å². The van der Waals surface area contributed by atoms with E-state index in [0.29, 0.717) is 19.5 Å².